The van der Waals surface area contributed by atoms with Gasteiger partial charge in [0, 0.05) is 17.7 Å². The fourth-order valence-electron chi connectivity index (χ4n) is 2.38. The van der Waals surface area contributed by atoms with E-state index >= 15 is 0 Å². The van der Waals surface area contributed by atoms with Crippen molar-refractivity contribution >= 4 is 17.4 Å². The highest BCUT2D eigenvalue weighted by molar-refractivity contribution is 5.94. The van der Waals surface area contributed by atoms with E-state index in [9.17, 15) is 22.8 Å². The van der Waals surface area contributed by atoms with Crippen molar-refractivity contribution in [3.63, 3.8) is 0 Å². The van der Waals surface area contributed by atoms with Crippen LogP contribution >= 0.6 is 0 Å². The number of carbonyl (C=O) groups is 2. The van der Waals surface area contributed by atoms with Gasteiger partial charge in [0.05, 0.1) is 13.7 Å². The second kappa shape index (κ2) is 9.81. The molecule has 0 aliphatic rings. The van der Waals surface area contributed by atoms with Crippen LogP contribution in [0.15, 0.2) is 42.5 Å². The predicted molar refractivity (Wildman–Crippen MR) is 99.5 cm³/mol. The van der Waals surface area contributed by atoms with Gasteiger partial charge in [-0.1, -0.05) is 0 Å². The summed E-state index contributed by atoms with van der Waals surface area (Å²) in [4.78, 5) is 23.3. The third kappa shape index (κ3) is 7.36. The fraction of sp³-hybridized carbons (Fsp3) is 0.300. The lowest BCUT2D eigenvalue weighted by molar-refractivity contribution is -0.274. The van der Waals surface area contributed by atoms with Crippen LogP contribution in [0.1, 0.15) is 30.1 Å². The molecule has 0 spiro atoms. The van der Waals surface area contributed by atoms with Crippen LogP contribution in [0.25, 0.3) is 0 Å². The Kier molecular flexibility index (Phi) is 7.46. The number of methoxy groups -OCH3 is 1. The minimum absolute atomic E-state index is 0.0930. The van der Waals surface area contributed by atoms with Gasteiger partial charge >= 0.3 is 6.36 Å². The molecule has 29 heavy (non-hydrogen) atoms. The molecular weight excluding hydrogens is 391 g/mol. The second-order valence-corrected chi connectivity index (χ2v) is 5.99. The summed E-state index contributed by atoms with van der Waals surface area (Å²) in [6, 6.07) is 9.69. The molecule has 2 aromatic carbocycles. The van der Waals surface area contributed by atoms with Gasteiger partial charge in [-0.3, -0.25) is 9.59 Å². The topological polar surface area (TPSA) is 73.9 Å². The molecule has 9 heteroatoms. The van der Waals surface area contributed by atoms with E-state index in [4.69, 9.17) is 9.47 Å². The van der Waals surface area contributed by atoms with Crippen molar-refractivity contribution in [1.29, 1.82) is 0 Å². The Labute approximate surface area is 165 Å². The number of anilines is 1. The van der Waals surface area contributed by atoms with Gasteiger partial charge in [-0.2, -0.15) is 0 Å². The van der Waals surface area contributed by atoms with Crippen LogP contribution in [0.3, 0.4) is 0 Å². The minimum Gasteiger partial charge on any atom is -0.493 e. The van der Waals surface area contributed by atoms with E-state index in [1.165, 1.54) is 26.2 Å². The van der Waals surface area contributed by atoms with E-state index in [0.29, 0.717) is 29.2 Å². The summed E-state index contributed by atoms with van der Waals surface area (Å²) in [5.41, 5.74) is 0.854. The van der Waals surface area contributed by atoms with Crippen LogP contribution in [0, 0.1) is 0 Å². The molecule has 1 amide bonds. The average molecular weight is 411 g/mol. The lowest BCUT2D eigenvalue weighted by Gasteiger charge is -2.12. The Morgan fingerprint density at radius 1 is 1.03 bits per heavy atom. The van der Waals surface area contributed by atoms with Crippen molar-refractivity contribution in [2.24, 2.45) is 0 Å². The Bertz CT molecular complexity index is 850. The molecule has 2 aromatic rings. The van der Waals surface area contributed by atoms with E-state index in [0.717, 1.165) is 12.1 Å². The van der Waals surface area contributed by atoms with Gasteiger partial charge in [0.25, 0.3) is 0 Å². The third-order valence-corrected chi connectivity index (χ3v) is 3.75. The monoisotopic (exact) mass is 411 g/mol. The number of amides is 1. The van der Waals surface area contributed by atoms with Crippen molar-refractivity contribution in [1.82, 2.24) is 0 Å². The number of carbonyl (C=O) groups excluding carboxylic acids is 2. The molecule has 0 fully saturated rings. The molecule has 156 valence electrons. The quantitative estimate of drug-likeness (QED) is 0.483. The molecule has 0 radical (unpaired) electrons. The van der Waals surface area contributed by atoms with Gasteiger partial charge in [0.15, 0.2) is 17.3 Å². The number of Topliss-reactive ketones (excluding diaryl/α,β-unsaturated/α-hetero) is 1. The molecule has 0 unspecified atom stereocenters. The summed E-state index contributed by atoms with van der Waals surface area (Å²) in [5, 5.41) is 2.58. The van der Waals surface area contributed by atoms with E-state index in [-0.39, 0.29) is 30.5 Å². The maximum atomic E-state index is 12.1. The van der Waals surface area contributed by atoms with Crippen molar-refractivity contribution in [2.45, 2.75) is 26.1 Å². The fourth-order valence-corrected chi connectivity index (χ4v) is 2.38. The van der Waals surface area contributed by atoms with Gasteiger partial charge in [-0.25, -0.2) is 0 Å². The second-order valence-electron chi connectivity index (χ2n) is 5.99. The number of alkyl halides is 3. The number of hydrogen-bond donors (Lipinski definition) is 1. The molecule has 0 heterocycles. The molecule has 0 atom stereocenters. The predicted octanol–water partition coefficient (Wildman–Crippen LogP) is 4.59. The molecule has 0 aromatic heterocycles. The molecule has 6 nitrogen and oxygen atoms in total. The summed E-state index contributed by atoms with van der Waals surface area (Å²) in [5.74, 6) is 0.108. The maximum absolute atomic E-state index is 12.1. The highest BCUT2D eigenvalue weighted by Gasteiger charge is 2.30. The highest BCUT2D eigenvalue weighted by Crippen LogP contribution is 2.28. The first-order chi connectivity index (χ1) is 13.7. The Morgan fingerprint density at radius 3 is 2.31 bits per heavy atom. The van der Waals surface area contributed by atoms with Gasteiger partial charge < -0.3 is 19.5 Å². The van der Waals surface area contributed by atoms with E-state index in [2.05, 4.69) is 10.1 Å². The standard InChI is InChI=1S/C20H20F3NO5/c1-13(25)14-5-10-17(18(12-14)27-2)28-11-3-4-19(26)24-15-6-8-16(9-7-15)29-20(21,22)23/h5-10,12H,3-4,11H2,1-2H3,(H,24,26). The van der Waals surface area contributed by atoms with Crippen LogP contribution < -0.4 is 19.5 Å². The first-order valence-electron chi connectivity index (χ1n) is 8.65. The number of hydrogen-bond acceptors (Lipinski definition) is 5. The van der Waals surface area contributed by atoms with Crippen LogP contribution in [-0.2, 0) is 4.79 Å². The molecule has 0 aliphatic heterocycles. The van der Waals surface area contributed by atoms with Crippen LogP contribution in [0.5, 0.6) is 17.2 Å². The molecule has 2 rings (SSSR count). The maximum Gasteiger partial charge on any atom is 0.573 e. The van der Waals surface area contributed by atoms with Gasteiger partial charge in [-0.15, -0.1) is 13.2 Å². The third-order valence-electron chi connectivity index (χ3n) is 3.75. The Balaban J connectivity index is 1.78. The summed E-state index contributed by atoms with van der Waals surface area (Å²) >= 11 is 0. The first kappa shape index (κ1) is 22.1. The SMILES string of the molecule is COc1cc(C(C)=O)ccc1OCCCC(=O)Nc1ccc(OC(F)(F)F)cc1. The Morgan fingerprint density at radius 2 is 1.72 bits per heavy atom. The molecule has 0 saturated heterocycles. The van der Waals surface area contributed by atoms with E-state index < -0.39 is 6.36 Å². The summed E-state index contributed by atoms with van der Waals surface area (Å²) in [6.07, 6.45) is -4.22. The number of nitrogens with one attached hydrogen (secondary N) is 1. The largest absolute Gasteiger partial charge is 0.573 e. The van der Waals surface area contributed by atoms with Crippen molar-refractivity contribution < 1.29 is 37.0 Å². The molecule has 1 N–H and O–H groups in total. The summed E-state index contributed by atoms with van der Waals surface area (Å²) < 4.78 is 50.9. The Hall–Kier alpha value is -3.23. The summed E-state index contributed by atoms with van der Waals surface area (Å²) in [7, 11) is 1.46. The smallest absolute Gasteiger partial charge is 0.493 e. The number of rotatable bonds is 9. The van der Waals surface area contributed by atoms with Gasteiger partial charge in [0.2, 0.25) is 5.91 Å². The van der Waals surface area contributed by atoms with Crippen molar-refractivity contribution in [2.75, 3.05) is 19.0 Å². The number of halogens is 3. The highest BCUT2D eigenvalue weighted by atomic mass is 19.4. The normalized spacial score (nSPS) is 10.9. The zero-order chi connectivity index (χ0) is 21.4. The number of ketones is 1. The van der Waals surface area contributed by atoms with E-state index in [1.54, 1.807) is 18.2 Å². The van der Waals surface area contributed by atoms with Crippen molar-refractivity contribution in [3.05, 3.63) is 48.0 Å². The van der Waals surface area contributed by atoms with Crippen LogP contribution in [0.4, 0.5) is 18.9 Å². The number of benzene rings is 2. The molecule has 0 saturated carbocycles. The van der Waals surface area contributed by atoms with Crippen LogP contribution in [0.2, 0.25) is 0 Å². The molecule has 0 bridgehead atoms. The van der Waals surface area contributed by atoms with Crippen molar-refractivity contribution in [3.8, 4) is 17.2 Å². The van der Waals surface area contributed by atoms with Gasteiger partial charge in [-0.05, 0) is 55.8 Å². The molecule has 0 aliphatic carbocycles. The number of ether oxygens (including phenoxy) is 3. The molecular formula is C20H20F3NO5. The minimum atomic E-state index is -4.76. The average Bonchev–Trinajstić information content (AvgIpc) is 2.65. The lowest BCUT2D eigenvalue weighted by Crippen LogP contribution is -2.17. The zero-order valence-corrected chi connectivity index (χ0v) is 15.8. The summed E-state index contributed by atoms with van der Waals surface area (Å²) in [6.45, 7) is 1.69. The van der Waals surface area contributed by atoms with Gasteiger partial charge in [0.1, 0.15) is 5.75 Å². The lowest BCUT2D eigenvalue weighted by atomic mass is 10.1. The first-order valence-corrected chi connectivity index (χ1v) is 8.65. The van der Waals surface area contributed by atoms with E-state index in [1.807, 2.05) is 0 Å². The van der Waals surface area contributed by atoms with Crippen LogP contribution in [-0.4, -0.2) is 31.8 Å². The zero-order valence-electron chi connectivity index (χ0n) is 15.8.